The summed E-state index contributed by atoms with van der Waals surface area (Å²) in [5, 5.41) is 2.22. The highest BCUT2D eigenvalue weighted by molar-refractivity contribution is 7.80. The van der Waals surface area contributed by atoms with Gasteiger partial charge in [0.25, 0.3) is 0 Å². The fraction of sp³-hybridized carbons (Fsp3) is 0.143. The number of methoxy groups -OCH3 is 2. The molecule has 1 unspecified atom stereocenters. The zero-order chi connectivity index (χ0) is 25.3. The molecule has 1 aromatic heterocycles. The van der Waals surface area contributed by atoms with Gasteiger partial charge in [-0.25, -0.2) is 4.57 Å². The van der Waals surface area contributed by atoms with E-state index in [0.717, 1.165) is 50.0 Å². The lowest BCUT2D eigenvalue weighted by molar-refractivity contribution is 0.399. The fourth-order valence-electron chi connectivity index (χ4n) is 4.51. The molecule has 0 saturated heterocycles. The molecule has 0 saturated carbocycles. The summed E-state index contributed by atoms with van der Waals surface area (Å²) in [6.45, 7) is -3.46. The van der Waals surface area contributed by atoms with E-state index in [9.17, 15) is 9.46 Å². The Balaban J connectivity index is 1.45. The van der Waals surface area contributed by atoms with E-state index < -0.39 is 6.95 Å². The van der Waals surface area contributed by atoms with Gasteiger partial charge in [-0.15, -0.1) is 0 Å². The number of hydrogen-bond acceptors (Lipinski definition) is 4. The maximum absolute atomic E-state index is 11.5. The minimum absolute atomic E-state index is 0.304. The van der Waals surface area contributed by atoms with Crippen molar-refractivity contribution in [2.75, 3.05) is 14.2 Å². The largest absolute Gasteiger partial charge is 0.497 e. The normalized spacial score (nSPS) is 13.0. The Labute approximate surface area is 213 Å². The van der Waals surface area contributed by atoms with Gasteiger partial charge in [-0.05, 0) is 59.2 Å². The number of para-hydroxylation sites is 1. The van der Waals surface area contributed by atoms with Gasteiger partial charge < -0.3 is 23.5 Å². The van der Waals surface area contributed by atoms with Crippen LogP contribution in [0.15, 0.2) is 84.9 Å². The molecule has 0 fully saturated rings. The van der Waals surface area contributed by atoms with Crippen LogP contribution in [0.2, 0.25) is 0 Å². The van der Waals surface area contributed by atoms with Crippen molar-refractivity contribution in [3.63, 3.8) is 0 Å². The van der Waals surface area contributed by atoms with Crippen LogP contribution >= 0.6 is 18.2 Å². The SMILES string of the molecule is COc1ccc2c(c1)c1cc(OC)ccc1n2Cc1ccc(Cc2ccccc2OP(=O)(O)Cl)cc1. The lowest BCUT2D eigenvalue weighted by atomic mass is 10.0. The summed E-state index contributed by atoms with van der Waals surface area (Å²) in [6.07, 6.45) is 0.544. The molecule has 0 aliphatic rings. The number of rotatable bonds is 8. The van der Waals surface area contributed by atoms with Crippen molar-refractivity contribution in [2.45, 2.75) is 13.0 Å². The molecule has 0 bridgehead atoms. The zero-order valence-corrected chi connectivity index (χ0v) is 21.5. The van der Waals surface area contributed by atoms with Crippen molar-refractivity contribution in [1.82, 2.24) is 4.57 Å². The third-order valence-corrected chi connectivity index (χ3v) is 6.85. The smallest absolute Gasteiger partial charge is 0.474 e. The van der Waals surface area contributed by atoms with Crippen LogP contribution in [0, 0.1) is 0 Å². The first-order chi connectivity index (χ1) is 17.3. The van der Waals surface area contributed by atoms with E-state index in [2.05, 4.69) is 53.1 Å². The van der Waals surface area contributed by atoms with Gasteiger partial charge >= 0.3 is 6.95 Å². The number of aromatic nitrogens is 1. The Morgan fingerprint density at radius 3 is 1.92 bits per heavy atom. The molecule has 36 heavy (non-hydrogen) atoms. The first-order valence-electron chi connectivity index (χ1n) is 11.4. The first-order valence-corrected chi connectivity index (χ1v) is 13.8. The van der Waals surface area contributed by atoms with Gasteiger partial charge in [0.05, 0.1) is 14.2 Å². The summed E-state index contributed by atoms with van der Waals surface area (Å²) in [7, 11) is 3.34. The molecule has 1 heterocycles. The van der Waals surface area contributed by atoms with Crippen LogP contribution in [0.25, 0.3) is 21.8 Å². The molecule has 184 valence electrons. The number of nitrogens with zero attached hydrogens (tertiary/aromatic N) is 1. The molecule has 5 rings (SSSR count). The second-order valence-corrected chi connectivity index (χ2v) is 10.9. The third-order valence-electron chi connectivity index (χ3n) is 6.22. The lowest BCUT2D eigenvalue weighted by Gasteiger charge is -2.12. The van der Waals surface area contributed by atoms with E-state index in [1.54, 1.807) is 26.4 Å². The summed E-state index contributed by atoms with van der Waals surface area (Å²) in [5.41, 5.74) is 5.21. The van der Waals surface area contributed by atoms with Crippen LogP contribution in [0.5, 0.6) is 17.2 Å². The minimum Gasteiger partial charge on any atom is -0.497 e. The van der Waals surface area contributed by atoms with Gasteiger partial charge in [-0.2, -0.15) is 0 Å². The summed E-state index contributed by atoms with van der Waals surface area (Å²) in [4.78, 5) is 9.41. The summed E-state index contributed by atoms with van der Waals surface area (Å²) in [5.74, 6) is 1.92. The average molecular weight is 522 g/mol. The van der Waals surface area contributed by atoms with Gasteiger partial charge in [0, 0.05) is 46.0 Å². The molecular weight excluding hydrogens is 497 g/mol. The van der Waals surface area contributed by atoms with Gasteiger partial charge in [0.15, 0.2) is 0 Å². The van der Waals surface area contributed by atoms with E-state index in [1.807, 2.05) is 24.3 Å². The van der Waals surface area contributed by atoms with Crippen LogP contribution in [0.4, 0.5) is 0 Å². The van der Waals surface area contributed by atoms with E-state index in [1.165, 1.54) is 0 Å². The Morgan fingerprint density at radius 1 is 0.806 bits per heavy atom. The van der Waals surface area contributed by atoms with Crippen molar-refractivity contribution in [1.29, 1.82) is 0 Å². The van der Waals surface area contributed by atoms with E-state index in [-0.39, 0.29) is 0 Å². The van der Waals surface area contributed by atoms with Crippen molar-refractivity contribution in [2.24, 2.45) is 0 Å². The Hall–Kier alpha value is -3.44. The number of hydrogen-bond donors (Lipinski definition) is 1. The predicted molar refractivity (Wildman–Crippen MR) is 144 cm³/mol. The fourth-order valence-corrected chi connectivity index (χ4v) is 5.16. The molecule has 0 amide bonds. The molecule has 6 nitrogen and oxygen atoms in total. The number of fused-ring (bicyclic) bond motifs is 3. The lowest BCUT2D eigenvalue weighted by Crippen LogP contribution is -2.00. The predicted octanol–water partition coefficient (Wildman–Crippen LogP) is 7.17. The Morgan fingerprint density at radius 2 is 1.36 bits per heavy atom. The van der Waals surface area contributed by atoms with Crippen molar-refractivity contribution < 1.29 is 23.5 Å². The topological polar surface area (TPSA) is 69.9 Å². The maximum Gasteiger partial charge on any atom is 0.474 e. The van der Waals surface area contributed by atoms with Gasteiger partial charge in [0.1, 0.15) is 17.2 Å². The highest BCUT2D eigenvalue weighted by Crippen LogP contribution is 2.48. The second kappa shape index (κ2) is 9.90. The average Bonchev–Trinajstić information content (AvgIpc) is 3.17. The summed E-state index contributed by atoms with van der Waals surface area (Å²) >= 11 is 5.42. The molecule has 0 spiro atoms. The van der Waals surface area contributed by atoms with E-state index >= 15 is 0 Å². The monoisotopic (exact) mass is 521 g/mol. The van der Waals surface area contributed by atoms with Gasteiger partial charge in [0.2, 0.25) is 0 Å². The second-order valence-electron chi connectivity index (χ2n) is 8.50. The summed E-state index contributed by atoms with van der Waals surface area (Å²) in [6, 6.07) is 27.7. The van der Waals surface area contributed by atoms with Crippen LogP contribution < -0.4 is 14.0 Å². The molecule has 4 aromatic carbocycles. The minimum atomic E-state index is -4.16. The number of halogens is 1. The molecule has 0 aliphatic carbocycles. The first kappa shape index (κ1) is 24.3. The molecule has 1 N–H and O–H groups in total. The van der Waals surface area contributed by atoms with E-state index in [4.69, 9.17) is 25.2 Å². The zero-order valence-electron chi connectivity index (χ0n) is 19.8. The molecule has 5 aromatic rings. The number of benzene rings is 4. The quantitative estimate of drug-likeness (QED) is 0.219. The molecule has 0 radical (unpaired) electrons. The Bertz CT molecular complexity index is 1530. The van der Waals surface area contributed by atoms with E-state index in [0.29, 0.717) is 18.7 Å². The molecule has 1 atom stereocenters. The molecule has 0 aliphatic heterocycles. The van der Waals surface area contributed by atoms with Crippen LogP contribution in [-0.2, 0) is 17.5 Å². The van der Waals surface area contributed by atoms with Crippen molar-refractivity contribution >= 4 is 40.0 Å². The van der Waals surface area contributed by atoms with Gasteiger partial charge in [-0.3, -0.25) is 0 Å². The molecular formula is C28H25ClNO5P. The van der Waals surface area contributed by atoms with Crippen molar-refractivity contribution in [3.05, 3.63) is 102 Å². The van der Waals surface area contributed by atoms with Crippen molar-refractivity contribution in [3.8, 4) is 17.2 Å². The van der Waals surface area contributed by atoms with Crippen LogP contribution in [-0.4, -0.2) is 23.7 Å². The number of ether oxygens (including phenoxy) is 2. The Kier molecular flexibility index (Phi) is 6.67. The van der Waals surface area contributed by atoms with Crippen LogP contribution in [0.1, 0.15) is 16.7 Å². The van der Waals surface area contributed by atoms with Gasteiger partial charge in [-0.1, -0.05) is 42.5 Å². The summed E-state index contributed by atoms with van der Waals surface area (Å²) < 4.78 is 29.8. The van der Waals surface area contributed by atoms with Crippen LogP contribution in [0.3, 0.4) is 0 Å². The maximum atomic E-state index is 11.5. The standard InChI is InChI=1S/C28H25ClNO5P/c1-33-22-11-13-26-24(16-22)25-17-23(34-2)12-14-27(25)30(26)18-20-9-7-19(8-10-20)15-21-5-3-4-6-28(21)35-36(29,31)32/h3-14,16-17H,15,18H2,1-2H3,(H,31,32). The highest BCUT2D eigenvalue weighted by Gasteiger charge is 2.18. The molecule has 8 heteroatoms. The highest BCUT2D eigenvalue weighted by atomic mass is 35.7. The third kappa shape index (κ3) is 5.07.